The maximum atomic E-state index is 13.3. The van der Waals surface area contributed by atoms with Crippen molar-refractivity contribution in [2.45, 2.75) is 51.4 Å². The van der Waals surface area contributed by atoms with Gasteiger partial charge in [-0.25, -0.2) is 33.3 Å². The van der Waals surface area contributed by atoms with Crippen LogP contribution in [0.4, 0.5) is 5.82 Å². The van der Waals surface area contributed by atoms with Crippen molar-refractivity contribution in [3.63, 3.8) is 0 Å². The molecule has 0 bridgehead atoms. The van der Waals surface area contributed by atoms with Crippen molar-refractivity contribution in [1.82, 2.24) is 34.4 Å². The van der Waals surface area contributed by atoms with E-state index in [0.29, 0.717) is 54.6 Å². The smallest absolute Gasteiger partial charge is 0.245 e. The molecule has 2 aliphatic heterocycles. The van der Waals surface area contributed by atoms with E-state index in [4.69, 9.17) is 4.98 Å². The minimum atomic E-state index is -3.10. The predicted molar refractivity (Wildman–Crippen MR) is 127 cm³/mol. The number of amides is 1. The zero-order valence-electron chi connectivity index (χ0n) is 19.5. The number of sulfone groups is 1. The fourth-order valence-electron chi connectivity index (χ4n) is 4.97. The van der Waals surface area contributed by atoms with Crippen LogP contribution in [0.3, 0.4) is 0 Å². The molecule has 2 saturated heterocycles. The van der Waals surface area contributed by atoms with E-state index in [1.54, 1.807) is 17.3 Å². The Balaban J connectivity index is 1.43. The number of carbonyl (C=O) groups is 1. The van der Waals surface area contributed by atoms with Gasteiger partial charge in [-0.3, -0.25) is 4.79 Å². The van der Waals surface area contributed by atoms with Crippen LogP contribution in [-0.4, -0.2) is 78.8 Å². The third kappa shape index (κ3) is 3.79. The first-order valence-electron chi connectivity index (χ1n) is 11.6. The van der Waals surface area contributed by atoms with Gasteiger partial charge in [-0.1, -0.05) is 6.92 Å². The van der Waals surface area contributed by atoms with Gasteiger partial charge in [0.2, 0.25) is 5.91 Å². The molecule has 12 heteroatoms. The van der Waals surface area contributed by atoms with Crippen LogP contribution in [0.1, 0.15) is 32.5 Å². The lowest BCUT2D eigenvalue weighted by Gasteiger charge is -2.24. The number of likely N-dealkylation sites (tertiary alicyclic amines) is 1. The average Bonchev–Trinajstić information content (AvgIpc) is 3.50. The second kappa shape index (κ2) is 8.57. The summed E-state index contributed by atoms with van der Waals surface area (Å²) in [5, 5.41) is 2.83. The standard InChI is InChI=1S/C22H28N8O3S/c1-4-16(22(31)29-10-14-6-7-34(32,33)17(14)11-29)27-19-18-21(26-12-25-19)30(5-2)20(28-18)15-8-23-13(3)24-9-15/h8-9,12,14,16-17H,4-7,10-11H2,1-3H3,(H,25,26,27)/t14?,16-,17?/m0/s1. The number of aromatic nitrogens is 6. The second-order valence-electron chi connectivity index (χ2n) is 8.90. The molecular formula is C22H28N8O3S. The highest BCUT2D eigenvalue weighted by atomic mass is 32.2. The lowest BCUT2D eigenvalue weighted by molar-refractivity contribution is -0.131. The lowest BCUT2D eigenvalue weighted by Crippen LogP contribution is -2.42. The highest BCUT2D eigenvalue weighted by molar-refractivity contribution is 7.92. The van der Waals surface area contributed by atoms with Crippen molar-refractivity contribution >= 4 is 32.7 Å². The topological polar surface area (TPSA) is 136 Å². The van der Waals surface area contributed by atoms with Gasteiger partial charge >= 0.3 is 0 Å². The fraction of sp³-hybridized carbons (Fsp3) is 0.545. The molecule has 0 aliphatic carbocycles. The molecule has 0 radical (unpaired) electrons. The Labute approximate surface area is 198 Å². The monoisotopic (exact) mass is 484 g/mol. The van der Waals surface area contributed by atoms with Crippen molar-refractivity contribution in [3.05, 3.63) is 24.5 Å². The van der Waals surface area contributed by atoms with Crippen molar-refractivity contribution in [3.8, 4) is 11.4 Å². The molecule has 3 atom stereocenters. The van der Waals surface area contributed by atoms with Gasteiger partial charge in [0.1, 0.15) is 24.0 Å². The first-order chi connectivity index (χ1) is 16.3. The van der Waals surface area contributed by atoms with E-state index in [0.717, 1.165) is 5.56 Å². The van der Waals surface area contributed by atoms with E-state index >= 15 is 0 Å². The van der Waals surface area contributed by atoms with Gasteiger partial charge in [0.05, 0.1) is 16.6 Å². The van der Waals surface area contributed by atoms with Crippen LogP contribution in [0.5, 0.6) is 0 Å². The number of hydrogen-bond donors (Lipinski definition) is 1. The van der Waals surface area contributed by atoms with Crippen molar-refractivity contribution in [2.24, 2.45) is 5.92 Å². The summed E-state index contributed by atoms with van der Waals surface area (Å²) >= 11 is 0. The van der Waals surface area contributed by atoms with Crippen LogP contribution in [0.25, 0.3) is 22.6 Å². The molecule has 1 amide bonds. The molecule has 0 spiro atoms. The second-order valence-corrected chi connectivity index (χ2v) is 11.2. The summed E-state index contributed by atoms with van der Waals surface area (Å²) in [5.74, 6) is 1.98. The first kappa shape index (κ1) is 22.6. The van der Waals surface area contributed by atoms with Crippen LogP contribution < -0.4 is 5.32 Å². The number of imidazole rings is 1. The zero-order chi connectivity index (χ0) is 24.0. The Morgan fingerprint density at radius 2 is 1.94 bits per heavy atom. The fourth-order valence-corrected chi connectivity index (χ4v) is 7.12. The summed E-state index contributed by atoms with van der Waals surface area (Å²) in [5.41, 5.74) is 1.98. The minimum absolute atomic E-state index is 0.0387. The molecule has 0 aromatic carbocycles. The molecule has 5 heterocycles. The van der Waals surface area contributed by atoms with E-state index in [1.165, 1.54) is 6.33 Å². The lowest BCUT2D eigenvalue weighted by atomic mass is 10.1. The van der Waals surface area contributed by atoms with Gasteiger partial charge in [-0.15, -0.1) is 0 Å². The molecular weight excluding hydrogens is 456 g/mol. The van der Waals surface area contributed by atoms with Gasteiger partial charge in [0.25, 0.3) is 0 Å². The zero-order valence-corrected chi connectivity index (χ0v) is 20.3. The molecule has 0 saturated carbocycles. The van der Waals surface area contributed by atoms with Gasteiger partial charge in [-0.05, 0) is 32.6 Å². The number of hydrogen-bond acceptors (Lipinski definition) is 9. The summed E-state index contributed by atoms with van der Waals surface area (Å²) in [6, 6.07) is -0.544. The molecule has 2 aliphatic rings. The maximum Gasteiger partial charge on any atom is 0.245 e. The highest BCUT2D eigenvalue weighted by Crippen LogP contribution is 2.34. The molecule has 34 heavy (non-hydrogen) atoms. The van der Waals surface area contributed by atoms with Crippen molar-refractivity contribution in [1.29, 1.82) is 0 Å². The summed E-state index contributed by atoms with van der Waals surface area (Å²) in [7, 11) is -3.10. The van der Waals surface area contributed by atoms with E-state index < -0.39 is 21.1 Å². The Bertz CT molecular complexity index is 1340. The van der Waals surface area contributed by atoms with E-state index in [1.807, 2.05) is 25.3 Å². The van der Waals surface area contributed by atoms with Gasteiger partial charge < -0.3 is 14.8 Å². The molecule has 3 aromatic heterocycles. The molecule has 180 valence electrons. The highest BCUT2D eigenvalue weighted by Gasteiger charge is 2.48. The number of rotatable bonds is 6. The SMILES string of the molecule is CC[C@H](Nc1ncnc2c1nc(-c1cnc(C)nc1)n2CC)C(=O)N1CC2CCS(=O)(=O)C2C1. The van der Waals surface area contributed by atoms with Crippen LogP contribution in [0.15, 0.2) is 18.7 Å². The quantitative estimate of drug-likeness (QED) is 0.551. The molecule has 5 rings (SSSR count). The van der Waals surface area contributed by atoms with Crippen LogP contribution in [0.2, 0.25) is 0 Å². The summed E-state index contributed by atoms with van der Waals surface area (Å²) in [6.07, 6.45) is 6.07. The van der Waals surface area contributed by atoms with Gasteiger partial charge in [0.15, 0.2) is 26.8 Å². The van der Waals surface area contributed by atoms with E-state index in [2.05, 4.69) is 25.3 Å². The Morgan fingerprint density at radius 1 is 1.18 bits per heavy atom. The van der Waals surface area contributed by atoms with Crippen LogP contribution >= 0.6 is 0 Å². The number of anilines is 1. The average molecular weight is 485 g/mol. The number of nitrogens with zero attached hydrogens (tertiary/aromatic N) is 7. The Kier molecular flexibility index (Phi) is 5.70. The molecule has 2 fully saturated rings. The third-order valence-corrected chi connectivity index (χ3v) is 9.09. The first-order valence-corrected chi connectivity index (χ1v) is 13.3. The summed E-state index contributed by atoms with van der Waals surface area (Å²) < 4.78 is 26.6. The largest absolute Gasteiger partial charge is 0.356 e. The van der Waals surface area contributed by atoms with Crippen molar-refractivity contribution in [2.75, 3.05) is 24.2 Å². The van der Waals surface area contributed by atoms with E-state index in [9.17, 15) is 13.2 Å². The van der Waals surface area contributed by atoms with E-state index in [-0.39, 0.29) is 24.1 Å². The molecule has 2 unspecified atom stereocenters. The van der Waals surface area contributed by atoms with Crippen LogP contribution in [0, 0.1) is 12.8 Å². The minimum Gasteiger partial charge on any atom is -0.356 e. The number of fused-ring (bicyclic) bond motifs is 2. The normalized spacial score (nSPS) is 22.1. The Morgan fingerprint density at radius 3 is 2.62 bits per heavy atom. The van der Waals surface area contributed by atoms with Gasteiger partial charge in [-0.2, -0.15) is 0 Å². The van der Waals surface area contributed by atoms with Crippen molar-refractivity contribution < 1.29 is 13.2 Å². The number of nitrogens with one attached hydrogen (secondary N) is 1. The molecule has 3 aromatic rings. The maximum absolute atomic E-state index is 13.3. The van der Waals surface area contributed by atoms with Gasteiger partial charge in [0, 0.05) is 32.0 Å². The molecule has 1 N–H and O–H groups in total. The predicted octanol–water partition coefficient (Wildman–Crippen LogP) is 1.45. The number of aryl methyl sites for hydroxylation is 2. The third-order valence-electron chi connectivity index (χ3n) is 6.83. The van der Waals surface area contributed by atoms with Crippen LogP contribution in [-0.2, 0) is 21.2 Å². The molecule has 11 nitrogen and oxygen atoms in total. The summed E-state index contributed by atoms with van der Waals surface area (Å²) in [4.78, 5) is 37.2. The Hall–Kier alpha value is -3.15. The summed E-state index contributed by atoms with van der Waals surface area (Å²) in [6.45, 7) is 7.14. The number of carbonyl (C=O) groups excluding carboxylic acids is 1.